The third kappa shape index (κ3) is 5.41. The van der Waals surface area contributed by atoms with Gasteiger partial charge in [0.05, 0.1) is 17.6 Å². The van der Waals surface area contributed by atoms with Crippen molar-refractivity contribution in [3.63, 3.8) is 0 Å². The van der Waals surface area contributed by atoms with Crippen LogP contribution >= 0.6 is 11.6 Å². The van der Waals surface area contributed by atoms with Gasteiger partial charge >= 0.3 is 0 Å². The van der Waals surface area contributed by atoms with Gasteiger partial charge in [-0.05, 0) is 43.2 Å². The van der Waals surface area contributed by atoms with Crippen LogP contribution < -0.4 is 10.0 Å². The molecule has 0 bridgehead atoms. The molecule has 2 aromatic rings. The van der Waals surface area contributed by atoms with Crippen molar-refractivity contribution in [3.8, 4) is 0 Å². The lowest BCUT2D eigenvalue weighted by Gasteiger charge is -2.10. The molecule has 0 amide bonds. The predicted octanol–water partition coefficient (Wildman–Crippen LogP) is 4.33. The molecule has 0 aliphatic heterocycles. The van der Waals surface area contributed by atoms with Crippen molar-refractivity contribution in [1.82, 2.24) is 4.98 Å². The number of hydrogen-bond donors (Lipinski definition) is 2. The number of aromatic nitrogens is 1. The minimum absolute atomic E-state index is 0.104. The summed E-state index contributed by atoms with van der Waals surface area (Å²) >= 11 is 6.09. The monoisotopic (exact) mass is 353 g/mol. The normalized spacial score (nSPS) is 11.3. The van der Waals surface area contributed by atoms with E-state index in [-0.39, 0.29) is 5.75 Å². The first-order valence-electron chi connectivity index (χ1n) is 7.39. The van der Waals surface area contributed by atoms with Crippen molar-refractivity contribution >= 4 is 38.8 Å². The fourth-order valence-corrected chi connectivity index (χ4v) is 3.30. The van der Waals surface area contributed by atoms with Gasteiger partial charge in [-0.15, -0.1) is 0 Å². The molecular weight excluding hydrogens is 334 g/mol. The van der Waals surface area contributed by atoms with Crippen LogP contribution in [0.15, 0.2) is 36.5 Å². The molecule has 0 saturated heterocycles. The van der Waals surface area contributed by atoms with Crippen LogP contribution in [0.4, 0.5) is 17.2 Å². The third-order valence-electron chi connectivity index (χ3n) is 3.25. The largest absolute Gasteiger partial charge is 0.354 e. The highest BCUT2D eigenvalue weighted by Crippen LogP contribution is 2.23. The Kier molecular flexibility index (Phi) is 5.85. The summed E-state index contributed by atoms with van der Waals surface area (Å²) in [5.74, 6) is 0.418. The summed E-state index contributed by atoms with van der Waals surface area (Å²) in [4.78, 5) is 4.12. The van der Waals surface area contributed by atoms with Crippen LogP contribution in [0.25, 0.3) is 0 Å². The smallest absolute Gasteiger partial charge is 0.233 e. The first-order valence-corrected chi connectivity index (χ1v) is 9.42. The van der Waals surface area contributed by atoms with Gasteiger partial charge in [0.25, 0.3) is 0 Å². The lowest BCUT2D eigenvalue weighted by Crippen LogP contribution is -2.17. The maximum Gasteiger partial charge on any atom is 0.233 e. The van der Waals surface area contributed by atoms with Gasteiger partial charge in [0.1, 0.15) is 5.82 Å². The highest BCUT2D eigenvalue weighted by molar-refractivity contribution is 7.92. The Morgan fingerprint density at radius 1 is 1.17 bits per heavy atom. The number of hydrogen-bond acceptors (Lipinski definition) is 4. The lowest BCUT2D eigenvalue weighted by atomic mass is 10.2. The number of aryl methyl sites for hydroxylation is 1. The fraction of sp³-hybridized carbons (Fsp3) is 0.312. The van der Waals surface area contributed by atoms with Gasteiger partial charge < -0.3 is 5.32 Å². The Bertz CT molecular complexity index is 761. The molecule has 1 aromatic heterocycles. The second kappa shape index (κ2) is 7.66. The van der Waals surface area contributed by atoms with Gasteiger partial charge in [-0.25, -0.2) is 13.4 Å². The molecule has 0 radical (unpaired) electrons. The van der Waals surface area contributed by atoms with Gasteiger partial charge in [-0.3, -0.25) is 4.72 Å². The second-order valence-corrected chi connectivity index (χ2v) is 7.54. The zero-order valence-electron chi connectivity index (χ0n) is 13.1. The number of anilines is 3. The minimum atomic E-state index is -3.33. The Morgan fingerprint density at radius 2 is 1.91 bits per heavy atom. The zero-order valence-corrected chi connectivity index (χ0v) is 14.7. The molecule has 0 aliphatic rings. The van der Waals surface area contributed by atoms with Gasteiger partial charge in [0, 0.05) is 10.7 Å². The van der Waals surface area contributed by atoms with Crippen LogP contribution in [-0.2, 0) is 10.0 Å². The number of halogens is 1. The average Bonchev–Trinajstić information content (AvgIpc) is 2.51. The van der Waals surface area contributed by atoms with Crippen molar-refractivity contribution in [1.29, 1.82) is 0 Å². The number of nitrogens with zero attached hydrogens (tertiary/aromatic N) is 1. The van der Waals surface area contributed by atoms with Crippen LogP contribution in [0.2, 0.25) is 5.02 Å². The molecule has 124 valence electrons. The highest BCUT2D eigenvalue weighted by atomic mass is 35.5. The van der Waals surface area contributed by atoms with E-state index in [0.29, 0.717) is 17.3 Å². The SMILES string of the molecule is CCCCS(=O)(=O)Nc1ccc(Nc2ccc(C)c(Cl)c2)cn1. The highest BCUT2D eigenvalue weighted by Gasteiger charge is 2.10. The van der Waals surface area contributed by atoms with Crippen molar-refractivity contribution in [2.75, 3.05) is 15.8 Å². The maximum absolute atomic E-state index is 11.8. The zero-order chi connectivity index (χ0) is 16.9. The van der Waals surface area contributed by atoms with Crippen LogP contribution in [0.3, 0.4) is 0 Å². The molecule has 0 fully saturated rings. The summed E-state index contributed by atoms with van der Waals surface area (Å²) in [6.45, 7) is 3.89. The summed E-state index contributed by atoms with van der Waals surface area (Å²) < 4.78 is 26.1. The van der Waals surface area contributed by atoms with E-state index in [0.717, 1.165) is 23.4 Å². The van der Waals surface area contributed by atoms with E-state index in [4.69, 9.17) is 11.6 Å². The Morgan fingerprint density at radius 3 is 2.52 bits per heavy atom. The van der Waals surface area contributed by atoms with E-state index < -0.39 is 10.0 Å². The van der Waals surface area contributed by atoms with Crippen molar-refractivity contribution in [3.05, 3.63) is 47.1 Å². The van der Waals surface area contributed by atoms with Crippen LogP contribution in [0, 0.1) is 6.92 Å². The van der Waals surface area contributed by atoms with E-state index in [9.17, 15) is 8.42 Å². The molecule has 0 aliphatic carbocycles. The Hall–Kier alpha value is -1.79. The van der Waals surface area contributed by atoms with Crippen molar-refractivity contribution in [2.45, 2.75) is 26.7 Å². The number of benzene rings is 1. The summed E-state index contributed by atoms with van der Waals surface area (Å²) in [6.07, 6.45) is 3.03. The molecular formula is C16H20ClN3O2S. The lowest BCUT2D eigenvalue weighted by molar-refractivity contribution is 0.597. The first kappa shape index (κ1) is 17.6. The van der Waals surface area contributed by atoms with Gasteiger partial charge in [0.15, 0.2) is 0 Å². The number of sulfonamides is 1. The molecule has 2 rings (SSSR count). The Labute approximate surface area is 142 Å². The van der Waals surface area contributed by atoms with E-state index >= 15 is 0 Å². The number of pyridine rings is 1. The summed E-state index contributed by atoms with van der Waals surface area (Å²) in [6, 6.07) is 9.06. The standard InChI is InChI=1S/C16H20ClN3O2S/c1-3-4-9-23(21,22)20-16-8-7-14(11-18-16)19-13-6-5-12(2)15(17)10-13/h5-8,10-11,19H,3-4,9H2,1-2H3,(H,18,20). The molecule has 0 spiro atoms. The molecule has 7 heteroatoms. The predicted molar refractivity (Wildman–Crippen MR) is 96.0 cm³/mol. The summed E-state index contributed by atoms with van der Waals surface area (Å²) in [7, 11) is -3.33. The van der Waals surface area contributed by atoms with Crippen molar-refractivity contribution < 1.29 is 8.42 Å². The molecule has 1 aromatic carbocycles. The van der Waals surface area contributed by atoms with E-state index in [2.05, 4.69) is 15.0 Å². The second-order valence-electron chi connectivity index (χ2n) is 5.30. The maximum atomic E-state index is 11.8. The molecule has 23 heavy (non-hydrogen) atoms. The summed E-state index contributed by atoms with van der Waals surface area (Å²) in [5.41, 5.74) is 2.60. The number of rotatable bonds is 7. The average molecular weight is 354 g/mol. The third-order valence-corrected chi connectivity index (χ3v) is 5.00. The Balaban J connectivity index is 2.03. The van der Waals surface area contributed by atoms with Crippen LogP contribution in [-0.4, -0.2) is 19.2 Å². The number of nitrogens with one attached hydrogen (secondary N) is 2. The van der Waals surface area contributed by atoms with Crippen LogP contribution in [0.5, 0.6) is 0 Å². The molecule has 1 heterocycles. The first-order chi connectivity index (χ1) is 10.9. The quantitative estimate of drug-likeness (QED) is 0.777. The van der Waals surface area contributed by atoms with Gasteiger partial charge in [-0.2, -0.15) is 0 Å². The number of unbranched alkanes of at least 4 members (excludes halogenated alkanes) is 1. The molecule has 5 nitrogen and oxygen atoms in total. The van der Waals surface area contributed by atoms with E-state index in [1.54, 1.807) is 18.3 Å². The van der Waals surface area contributed by atoms with E-state index in [1.807, 2.05) is 32.0 Å². The van der Waals surface area contributed by atoms with Gasteiger partial charge in [0.2, 0.25) is 10.0 Å². The topological polar surface area (TPSA) is 71.1 Å². The van der Waals surface area contributed by atoms with Crippen LogP contribution in [0.1, 0.15) is 25.3 Å². The molecule has 0 saturated carbocycles. The van der Waals surface area contributed by atoms with E-state index in [1.165, 1.54) is 0 Å². The molecule has 2 N–H and O–H groups in total. The molecule has 0 unspecified atom stereocenters. The minimum Gasteiger partial charge on any atom is -0.354 e. The molecule has 0 atom stereocenters. The van der Waals surface area contributed by atoms with Crippen molar-refractivity contribution in [2.24, 2.45) is 0 Å². The fourth-order valence-electron chi connectivity index (χ4n) is 1.91. The summed E-state index contributed by atoms with van der Waals surface area (Å²) in [5, 5.41) is 3.86. The van der Waals surface area contributed by atoms with Gasteiger partial charge in [-0.1, -0.05) is 31.0 Å².